The smallest absolute Gasteiger partial charge is 0.351 e. The fraction of sp³-hybridized carbons (Fsp3) is 0.227. The van der Waals surface area contributed by atoms with Crippen LogP contribution in [0.2, 0.25) is 5.02 Å². The molecular weight excluding hydrogens is 408 g/mol. The van der Waals surface area contributed by atoms with E-state index in [1.54, 1.807) is 24.3 Å². The second kappa shape index (κ2) is 8.20. The minimum atomic E-state index is -0.782. The van der Waals surface area contributed by atoms with Gasteiger partial charge in [0.25, 0.3) is 0 Å². The van der Waals surface area contributed by atoms with Crippen LogP contribution in [0.5, 0.6) is 0 Å². The van der Waals surface area contributed by atoms with E-state index < -0.39 is 11.6 Å². The van der Waals surface area contributed by atoms with E-state index in [4.69, 9.17) is 31.3 Å². The van der Waals surface area contributed by atoms with Crippen molar-refractivity contribution in [2.45, 2.75) is 32.1 Å². The number of nitrogens with two attached hydrogens (primary N) is 1. The molecule has 0 saturated carbocycles. The molecule has 2 heterocycles. The number of nitrogen functional groups attached to an aromatic ring is 1. The molecule has 0 aliphatic heterocycles. The largest absolute Gasteiger partial charge is 0.481 e. The highest BCUT2D eigenvalue weighted by Gasteiger charge is 2.20. The van der Waals surface area contributed by atoms with Crippen molar-refractivity contribution >= 4 is 45.3 Å². The molecule has 3 N–H and O–H groups in total. The number of nitrogens with zero attached hydrogens (tertiary/aromatic N) is 1. The maximum absolute atomic E-state index is 12.6. The number of aryl methyl sites for hydroxylation is 1. The summed E-state index contributed by atoms with van der Waals surface area (Å²) in [5.41, 5.74) is 8.37. The second-order valence-corrected chi connectivity index (χ2v) is 7.53. The number of aromatic nitrogens is 1. The van der Waals surface area contributed by atoms with Crippen LogP contribution in [0.4, 0.5) is 5.69 Å². The topological polar surface area (TPSA) is 120 Å². The maximum Gasteiger partial charge on any atom is 0.351 e. The molecule has 154 valence electrons. The van der Waals surface area contributed by atoms with Gasteiger partial charge in [-0.05, 0) is 55.2 Å². The van der Waals surface area contributed by atoms with E-state index in [1.807, 2.05) is 12.1 Å². The monoisotopic (exact) mass is 426 g/mol. The number of fused-ring (bicyclic) bond motifs is 2. The zero-order chi connectivity index (χ0) is 21.3. The van der Waals surface area contributed by atoms with E-state index in [2.05, 4.69) is 4.98 Å². The average molecular weight is 427 g/mol. The van der Waals surface area contributed by atoms with Gasteiger partial charge in [-0.2, -0.15) is 0 Å². The summed E-state index contributed by atoms with van der Waals surface area (Å²) in [6, 6.07) is 10.5. The van der Waals surface area contributed by atoms with Gasteiger partial charge in [0.2, 0.25) is 5.89 Å². The van der Waals surface area contributed by atoms with Crippen molar-refractivity contribution in [3.05, 3.63) is 57.4 Å². The number of rotatable bonds is 7. The highest BCUT2D eigenvalue weighted by Crippen LogP contribution is 2.32. The van der Waals surface area contributed by atoms with E-state index in [-0.39, 0.29) is 23.6 Å². The number of unbranched alkanes of at least 4 members (excludes halogenated alkanes) is 2. The van der Waals surface area contributed by atoms with Crippen LogP contribution in [0.1, 0.15) is 31.2 Å². The summed E-state index contributed by atoms with van der Waals surface area (Å²) in [6.07, 6.45) is 3.24. The fourth-order valence-electron chi connectivity index (χ4n) is 3.42. The van der Waals surface area contributed by atoms with Crippen molar-refractivity contribution in [1.29, 1.82) is 0 Å². The van der Waals surface area contributed by atoms with Gasteiger partial charge in [-0.25, -0.2) is 9.78 Å². The van der Waals surface area contributed by atoms with Crippen LogP contribution in [0, 0.1) is 0 Å². The minimum Gasteiger partial charge on any atom is -0.481 e. The number of aliphatic carboxylic acids is 1. The molecule has 0 amide bonds. The molecule has 0 spiro atoms. The van der Waals surface area contributed by atoms with Crippen molar-refractivity contribution in [2.75, 3.05) is 5.73 Å². The van der Waals surface area contributed by atoms with Gasteiger partial charge in [-0.1, -0.05) is 24.1 Å². The van der Waals surface area contributed by atoms with Crippen molar-refractivity contribution in [2.24, 2.45) is 0 Å². The van der Waals surface area contributed by atoms with Crippen molar-refractivity contribution < 1.29 is 18.7 Å². The summed E-state index contributed by atoms with van der Waals surface area (Å²) >= 11 is 5.98. The first-order valence-corrected chi connectivity index (χ1v) is 9.93. The molecule has 0 atom stereocenters. The summed E-state index contributed by atoms with van der Waals surface area (Å²) in [4.78, 5) is 27.5. The zero-order valence-corrected chi connectivity index (χ0v) is 16.7. The van der Waals surface area contributed by atoms with Gasteiger partial charge in [0.15, 0.2) is 5.58 Å². The summed E-state index contributed by atoms with van der Waals surface area (Å²) in [5.74, 6) is -0.696. The normalized spacial score (nSPS) is 11.4. The Hall–Kier alpha value is -3.32. The second-order valence-electron chi connectivity index (χ2n) is 7.09. The summed E-state index contributed by atoms with van der Waals surface area (Å²) in [7, 11) is 0. The molecular formula is C22H19ClN2O5. The van der Waals surface area contributed by atoms with Gasteiger partial charge in [-0.15, -0.1) is 0 Å². The van der Waals surface area contributed by atoms with Gasteiger partial charge in [0.1, 0.15) is 16.7 Å². The Morgan fingerprint density at radius 2 is 1.90 bits per heavy atom. The lowest BCUT2D eigenvalue weighted by Crippen LogP contribution is -2.08. The first kappa shape index (κ1) is 20.0. The van der Waals surface area contributed by atoms with Gasteiger partial charge in [-0.3, -0.25) is 4.79 Å². The van der Waals surface area contributed by atoms with Crippen molar-refractivity contribution in [3.63, 3.8) is 0 Å². The number of benzene rings is 2. The number of carbonyl (C=O) groups is 1. The first-order valence-electron chi connectivity index (χ1n) is 9.56. The minimum absolute atomic E-state index is 0.0799. The molecule has 0 fully saturated rings. The quantitative estimate of drug-likeness (QED) is 0.314. The Morgan fingerprint density at radius 1 is 1.07 bits per heavy atom. The molecule has 2 aromatic carbocycles. The van der Waals surface area contributed by atoms with Crippen LogP contribution in [-0.2, 0) is 11.2 Å². The number of hydrogen-bond acceptors (Lipinski definition) is 6. The third-order valence-corrected chi connectivity index (χ3v) is 5.17. The van der Waals surface area contributed by atoms with E-state index in [0.717, 1.165) is 24.8 Å². The maximum atomic E-state index is 12.6. The Kier molecular flexibility index (Phi) is 5.46. The Morgan fingerprint density at radius 3 is 2.70 bits per heavy atom. The molecule has 8 heteroatoms. The zero-order valence-electron chi connectivity index (χ0n) is 16.0. The van der Waals surface area contributed by atoms with Crippen LogP contribution in [0.25, 0.3) is 33.5 Å². The number of anilines is 1. The SMILES string of the molecule is Nc1c(-c2nc3cc(Cl)ccc3o2)c(=O)oc2cc(CCCCCC(=O)O)ccc12. The molecule has 0 aliphatic carbocycles. The van der Waals surface area contributed by atoms with E-state index in [9.17, 15) is 9.59 Å². The number of carboxylic acid groups (broad SMARTS) is 1. The third kappa shape index (κ3) is 4.02. The van der Waals surface area contributed by atoms with Crippen LogP contribution in [0.3, 0.4) is 0 Å². The standard InChI is InChI=1S/C22H19ClN2O5/c23-13-7-9-16-15(11-13)25-21(29-16)19-20(24)14-8-6-12(10-17(14)30-22(19)28)4-2-1-3-5-18(26)27/h6-11H,1-5,24H2,(H,26,27). The Bertz CT molecular complexity index is 1310. The predicted octanol–water partition coefficient (Wildman–Crippen LogP) is 5.02. The number of oxazole rings is 1. The molecule has 0 radical (unpaired) electrons. The van der Waals surface area contributed by atoms with Crippen LogP contribution in [-0.4, -0.2) is 16.1 Å². The molecule has 0 unspecified atom stereocenters. The van der Waals surface area contributed by atoms with Crippen LogP contribution < -0.4 is 11.4 Å². The van der Waals surface area contributed by atoms with Gasteiger partial charge in [0, 0.05) is 16.8 Å². The van der Waals surface area contributed by atoms with E-state index in [0.29, 0.717) is 33.5 Å². The lowest BCUT2D eigenvalue weighted by atomic mass is 10.0. The Labute approximate surface area is 176 Å². The van der Waals surface area contributed by atoms with Gasteiger partial charge in [0.05, 0.1) is 5.69 Å². The predicted molar refractivity (Wildman–Crippen MR) is 115 cm³/mol. The molecule has 2 aromatic heterocycles. The number of halogens is 1. The summed E-state index contributed by atoms with van der Waals surface area (Å²) in [5, 5.41) is 9.79. The average Bonchev–Trinajstić information content (AvgIpc) is 3.09. The highest BCUT2D eigenvalue weighted by atomic mass is 35.5. The molecule has 4 aromatic rings. The van der Waals surface area contributed by atoms with E-state index in [1.165, 1.54) is 0 Å². The lowest BCUT2D eigenvalue weighted by Gasteiger charge is -2.07. The molecule has 0 saturated heterocycles. The van der Waals surface area contributed by atoms with Gasteiger partial charge < -0.3 is 19.7 Å². The molecule has 4 rings (SSSR count). The van der Waals surface area contributed by atoms with Gasteiger partial charge >= 0.3 is 11.6 Å². The summed E-state index contributed by atoms with van der Waals surface area (Å²) in [6.45, 7) is 0. The fourth-order valence-corrected chi connectivity index (χ4v) is 3.58. The van der Waals surface area contributed by atoms with Crippen molar-refractivity contribution in [3.8, 4) is 11.5 Å². The number of hydrogen-bond donors (Lipinski definition) is 2. The molecule has 0 aliphatic rings. The summed E-state index contributed by atoms with van der Waals surface area (Å²) < 4.78 is 11.2. The molecule has 7 nitrogen and oxygen atoms in total. The van der Waals surface area contributed by atoms with Crippen molar-refractivity contribution in [1.82, 2.24) is 4.98 Å². The third-order valence-electron chi connectivity index (χ3n) is 4.93. The molecule has 0 bridgehead atoms. The van der Waals surface area contributed by atoms with E-state index >= 15 is 0 Å². The number of carboxylic acids is 1. The first-order chi connectivity index (χ1) is 14.4. The van der Waals surface area contributed by atoms with Crippen LogP contribution in [0.15, 0.2) is 50.0 Å². The lowest BCUT2D eigenvalue weighted by molar-refractivity contribution is -0.137. The highest BCUT2D eigenvalue weighted by molar-refractivity contribution is 6.31. The Balaban J connectivity index is 1.63. The molecule has 30 heavy (non-hydrogen) atoms. The van der Waals surface area contributed by atoms with Crippen LogP contribution >= 0.6 is 11.6 Å².